The zero-order chi connectivity index (χ0) is 16.4. The quantitative estimate of drug-likeness (QED) is 0.794. The van der Waals surface area contributed by atoms with E-state index >= 15 is 0 Å². The summed E-state index contributed by atoms with van der Waals surface area (Å²) in [6.07, 6.45) is 5.11. The third kappa shape index (κ3) is 3.31. The molecular weight excluding hydrogens is 294 g/mol. The van der Waals surface area contributed by atoms with Crippen LogP contribution in [0.25, 0.3) is 0 Å². The van der Waals surface area contributed by atoms with Crippen molar-refractivity contribution in [2.75, 3.05) is 11.4 Å². The topological polar surface area (TPSA) is 50.3 Å². The van der Waals surface area contributed by atoms with E-state index in [0.717, 1.165) is 12.8 Å². The van der Waals surface area contributed by atoms with Gasteiger partial charge in [0, 0.05) is 24.5 Å². The first-order chi connectivity index (χ1) is 11.1. The minimum atomic E-state index is -0.641. The molecule has 0 saturated heterocycles. The SMILES string of the molecule is BC(=O)c1cccc(N(CC2CC2)C(=O)c2cccnc2)c1F. The van der Waals surface area contributed by atoms with Crippen molar-refractivity contribution in [3.05, 3.63) is 59.7 Å². The second kappa shape index (κ2) is 6.32. The number of amides is 1. The molecule has 6 heteroatoms. The van der Waals surface area contributed by atoms with E-state index in [9.17, 15) is 14.0 Å². The van der Waals surface area contributed by atoms with Gasteiger partial charge in [0.25, 0.3) is 5.91 Å². The minimum Gasteiger partial charge on any atom is -0.307 e. The molecule has 116 valence electrons. The summed E-state index contributed by atoms with van der Waals surface area (Å²) in [4.78, 5) is 29.7. The molecular formula is C17H16BFN2O2. The third-order valence-corrected chi connectivity index (χ3v) is 3.94. The summed E-state index contributed by atoms with van der Waals surface area (Å²) >= 11 is 0. The molecule has 3 rings (SSSR count). The van der Waals surface area contributed by atoms with Crippen molar-refractivity contribution in [2.45, 2.75) is 12.8 Å². The van der Waals surface area contributed by atoms with Crippen LogP contribution in [0.5, 0.6) is 0 Å². The van der Waals surface area contributed by atoms with Gasteiger partial charge in [0.2, 0.25) is 0 Å². The van der Waals surface area contributed by atoms with Crippen LogP contribution in [-0.2, 0) is 0 Å². The average Bonchev–Trinajstić information content (AvgIpc) is 3.37. The number of halogens is 1. The monoisotopic (exact) mass is 310 g/mol. The second-order valence-corrected chi connectivity index (χ2v) is 5.80. The molecule has 0 aliphatic heterocycles. The van der Waals surface area contributed by atoms with Crippen LogP contribution in [0.2, 0.25) is 0 Å². The number of nitrogens with zero attached hydrogens (tertiary/aromatic N) is 2. The Labute approximate surface area is 134 Å². The highest BCUT2D eigenvalue weighted by molar-refractivity contribution is 6.62. The van der Waals surface area contributed by atoms with Crippen molar-refractivity contribution >= 4 is 25.1 Å². The average molecular weight is 310 g/mol. The van der Waals surface area contributed by atoms with E-state index < -0.39 is 5.82 Å². The van der Waals surface area contributed by atoms with Gasteiger partial charge in [0.05, 0.1) is 11.3 Å². The molecule has 0 atom stereocenters. The number of hydrogen-bond acceptors (Lipinski definition) is 3. The van der Waals surface area contributed by atoms with Crippen LogP contribution >= 0.6 is 0 Å². The molecule has 0 N–H and O–H groups in total. The first kappa shape index (κ1) is 15.4. The number of benzene rings is 1. The molecule has 4 nitrogen and oxygen atoms in total. The lowest BCUT2D eigenvalue weighted by Crippen LogP contribution is -2.34. The number of hydrogen-bond donors (Lipinski definition) is 0. The predicted octanol–water partition coefficient (Wildman–Crippen LogP) is 2.05. The van der Waals surface area contributed by atoms with Crippen molar-refractivity contribution < 1.29 is 14.0 Å². The van der Waals surface area contributed by atoms with Crippen molar-refractivity contribution in [2.24, 2.45) is 5.92 Å². The molecule has 0 unspecified atom stereocenters. The summed E-state index contributed by atoms with van der Waals surface area (Å²) in [6.45, 7) is 0.450. The van der Waals surface area contributed by atoms with E-state index in [1.807, 2.05) is 0 Å². The number of carbonyl (C=O) groups is 2. The summed E-state index contributed by atoms with van der Waals surface area (Å²) < 4.78 is 14.7. The highest BCUT2D eigenvalue weighted by atomic mass is 19.1. The first-order valence-corrected chi connectivity index (χ1v) is 7.59. The Hall–Kier alpha value is -2.50. The number of aromatic nitrogens is 1. The van der Waals surface area contributed by atoms with E-state index in [-0.39, 0.29) is 22.8 Å². The zero-order valence-corrected chi connectivity index (χ0v) is 12.8. The Bertz CT molecular complexity index is 748. The van der Waals surface area contributed by atoms with Gasteiger partial charge in [0.15, 0.2) is 13.7 Å². The minimum absolute atomic E-state index is 0.00211. The van der Waals surface area contributed by atoms with Crippen molar-refractivity contribution in [1.29, 1.82) is 0 Å². The van der Waals surface area contributed by atoms with Gasteiger partial charge in [-0.15, -0.1) is 0 Å². The fourth-order valence-corrected chi connectivity index (χ4v) is 2.49. The van der Waals surface area contributed by atoms with E-state index in [4.69, 9.17) is 0 Å². The molecule has 1 fully saturated rings. The molecule has 1 aliphatic rings. The largest absolute Gasteiger partial charge is 0.307 e. The molecule has 0 bridgehead atoms. The van der Waals surface area contributed by atoms with Gasteiger partial charge in [-0.2, -0.15) is 0 Å². The smallest absolute Gasteiger partial charge is 0.259 e. The maximum atomic E-state index is 14.7. The molecule has 1 amide bonds. The fraction of sp³-hybridized carbons (Fsp3) is 0.235. The van der Waals surface area contributed by atoms with Crippen LogP contribution in [0, 0.1) is 11.7 Å². The maximum absolute atomic E-state index is 14.7. The summed E-state index contributed by atoms with van der Waals surface area (Å²) in [5.74, 6) is -0.557. The van der Waals surface area contributed by atoms with E-state index in [1.54, 1.807) is 30.5 Å². The summed E-state index contributed by atoms with van der Waals surface area (Å²) in [6, 6.07) is 7.90. The number of pyridine rings is 1. The van der Waals surface area contributed by atoms with Crippen LogP contribution < -0.4 is 4.90 Å². The molecule has 1 saturated carbocycles. The predicted molar refractivity (Wildman–Crippen MR) is 87.9 cm³/mol. The molecule has 23 heavy (non-hydrogen) atoms. The Morgan fingerprint density at radius 2 is 2.04 bits per heavy atom. The fourth-order valence-electron chi connectivity index (χ4n) is 2.49. The lowest BCUT2D eigenvalue weighted by molar-refractivity contribution is 0.0982. The van der Waals surface area contributed by atoms with Gasteiger partial charge in [-0.3, -0.25) is 9.78 Å². The summed E-state index contributed by atoms with van der Waals surface area (Å²) in [5, 5.41) is 0. The van der Waals surface area contributed by atoms with Gasteiger partial charge in [0.1, 0.15) is 5.68 Å². The number of anilines is 1. The summed E-state index contributed by atoms with van der Waals surface area (Å²) in [5.41, 5.74) is 0.200. The lowest BCUT2D eigenvalue weighted by Gasteiger charge is -2.24. The van der Waals surface area contributed by atoms with E-state index in [1.165, 1.54) is 25.0 Å². The highest BCUT2D eigenvalue weighted by Gasteiger charge is 2.30. The van der Waals surface area contributed by atoms with Gasteiger partial charge in [-0.25, -0.2) is 4.39 Å². The number of rotatable bonds is 5. The molecule has 1 aliphatic carbocycles. The van der Waals surface area contributed by atoms with E-state index in [2.05, 4.69) is 4.98 Å². The summed E-state index contributed by atoms with van der Waals surface area (Å²) in [7, 11) is 1.32. The van der Waals surface area contributed by atoms with Gasteiger partial charge in [-0.05, 0) is 43.0 Å². The molecule has 2 aromatic rings. The van der Waals surface area contributed by atoms with Gasteiger partial charge >= 0.3 is 0 Å². The van der Waals surface area contributed by atoms with Crippen molar-refractivity contribution in [3.63, 3.8) is 0 Å². The van der Waals surface area contributed by atoms with Crippen LogP contribution in [0.4, 0.5) is 10.1 Å². The number of carbonyl (C=O) groups excluding carboxylic acids is 2. The van der Waals surface area contributed by atoms with Crippen LogP contribution in [0.3, 0.4) is 0 Å². The normalized spacial score (nSPS) is 13.6. The Balaban J connectivity index is 2.01. The Morgan fingerprint density at radius 3 is 2.65 bits per heavy atom. The van der Waals surface area contributed by atoms with Crippen LogP contribution in [0.1, 0.15) is 33.6 Å². The molecule has 0 spiro atoms. The van der Waals surface area contributed by atoms with Crippen LogP contribution in [-0.4, -0.2) is 31.0 Å². The standard InChI is InChI=1S/C17H16BFN2O2/c18-16(22)13-4-1-5-14(15(13)19)21(10-11-6-7-11)17(23)12-3-2-8-20-9-12/h1-5,8-9,11H,6-7,10,18H2. The van der Waals surface area contributed by atoms with Gasteiger partial charge in [-0.1, -0.05) is 6.07 Å². The second-order valence-electron chi connectivity index (χ2n) is 5.80. The zero-order valence-electron chi connectivity index (χ0n) is 12.8. The maximum Gasteiger partial charge on any atom is 0.259 e. The van der Waals surface area contributed by atoms with Gasteiger partial charge < -0.3 is 9.69 Å². The Kier molecular flexibility index (Phi) is 4.23. The Morgan fingerprint density at radius 1 is 1.26 bits per heavy atom. The first-order valence-electron chi connectivity index (χ1n) is 7.59. The molecule has 0 radical (unpaired) electrons. The van der Waals surface area contributed by atoms with Crippen LogP contribution in [0.15, 0.2) is 42.7 Å². The molecule has 1 aromatic heterocycles. The third-order valence-electron chi connectivity index (χ3n) is 3.94. The lowest BCUT2D eigenvalue weighted by atomic mass is 9.93. The van der Waals surface area contributed by atoms with Crippen molar-refractivity contribution in [3.8, 4) is 0 Å². The highest BCUT2D eigenvalue weighted by Crippen LogP contribution is 2.33. The molecule has 1 aromatic carbocycles. The van der Waals surface area contributed by atoms with E-state index in [0.29, 0.717) is 18.0 Å². The molecule has 1 heterocycles. The van der Waals surface area contributed by atoms with Crippen molar-refractivity contribution in [1.82, 2.24) is 4.98 Å².